The number of amides is 1. The summed E-state index contributed by atoms with van der Waals surface area (Å²) in [6.07, 6.45) is 2.35. The molecule has 1 aromatic carbocycles. The molecule has 3 aliphatic rings. The lowest BCUT2D eigenvalue weighted by Crippen LogP contribution is -2.48. The molecular formula is C18H23NO3. The van der Waals surface area contributed by atoms with Crippen LogP contribution in [0.4, 0.5) is 4.79 Å². The normalized spacial score (nSPS) is 28.2. The first kappa shape index (κ1) is 14.1. The Hall–Kier alpha value is -1.55. The molecule has 0 unspecified atom stereocenters. The summed E-state index contributed by atoms with van der Waals surface area (Å²) in [5, 5.41) is 0. The van der Waals surface area contributed by atoms with Crippen LogP contribution in [0.15, 0.2) is 24.3 Å². The lowest BCUT2D eigenvalue weighted by Gasteiger charge is -2.40. The predicted molar refractivity (Wildman–Crippen MR) is 82.8 cm³/mol. The van der Waals surface area contributed by atoms with E-state index in [9.17, 15) is 4.79 Å². The Morgan fingerprint density at radius 2 is 1.95 bits per heavy atom. The van der Waals surface area contributed by atoms with Crippen molar-refractivity contribution in [1.29, 1.82) is 0 Å². The fourth-order valence-electron chi connectivity index (χ4n) is 4.09. The number of nitrogens with zero attached hydrogens (tertiary/aromatic N) is 1. The number of carbonyl (C=O) groups is 1. The summed E-state index contributed by atoms with van der Waals surface area (Å²) in [5.41, 5.74) is 2.48. The maximum Gasteiger partial charge on any atom is 0.410 e. The van der Waals surface area contributed by atoms with E-state index >= 15 is 0 Å². The van der Waals surface area contributed by atoms with Gasteiger partial charge in [0.2, 0.25) is 0 Å². The standard InChI is InChI=1S/C18H23NO3/c1-17(2,3)22-16(20)19-10-8-18(9-11-19)13-7-5-4-6-12(13)14-15(18)21-14/h4-7,14-15H,8-11H2,1-3H3/t14-,15-/m0/s1. The zero-order chi connectivity index (χ0) is 15.5. The Balaban J connectivity index is 1.50. The number of likely N-dealkylation sites (tertiary alicyclic amines) is 1. The van der Waals surface area contributed by atoms with Crippen molar-refractivity contribution in [2.24, 2.45) is 0 Å². The van der Waals surface area contributed by atoms with E-state index in [4.69, 9.17) is 9.47 Å². The van der Waals surface area contributed by atoms with Crippen molar-refractivity contribution < 1.29 is 14.3 Å². The molecule has 1 aromatic rings. The molecule has 0 aromatic heterocycles. The molecule has 118 valence electrons. The molecule has 2 saturated heterocycles. The molecule has 22 heavy (non-hydrogen) atoms. The smallest absolute Gasteiger partial charge is 0.410 e. The zero-order valence-electron chi connectivity index (χ0n) is 13.5. The average Bonchev–Trinajstić information content (AvgIpc) is 3.22. The van der Waals surface area contributed by atoms with Crippen LogP contribution in [-0.2, 0) is 14.9 Å². The van der Waals surface area contributed by atoms with E-state index < -0.39 is 5.60 Å². The van der Waals surface area contributed by atoms with Crippen LogP contribution in [-0.4, -0.2) is 35.8 Å². The highest BCUT2D eigenvalue weighted by molar-refractivity contribution is 5.68. The molecule has 4 rings (SSSR count). The Bertz CT molecular complexity index is 611. The highest BCUT2D eigenvalue weighted by Gasteiger charge is 2.63. The fourth-order valence-corrected chi connectivity index (χ4v) is 4.09. The second-order valence-electron chi connectivity index (χ2n) is 7.69. The maximum atomic E-state index is 12.2. The van der Waals surface area contributed by atoms with E-state index in [1.807, 2.05) is 25.7 Å². The average molecular weight is 301 g/mol. The minimum absolute atomic E-state index is 0.111. The number of epoxide rings is 1. The van der Waals surface area contributed by atoms with Crippen molar-refractivity contribution in [3.63, 3.8) is 0 Å². The summed E-state index contributed by atoms with van der Waals surface area (Å²) in [4.78, 5) is 14.1. The van der Waals surface area contributed by atoms with E-state index in [-0.39, 0.29) is 11.5 Å². The summed E-state index contributed by atoms with van der Waals surface area (Å²) in [6, 6.07) is 8.64. The molecule has 4 heteroatoms. The molecule has 1 amide bonds. The van der Waals surface area contributed by atoms with Gasteiger partial charge in [-0.05, 0) is 44.7 Å². The summed E-state index contributed by atoms with van der Waals surface area (Å²) in [7, 11) is 0. The zero-order valence-corrected chi connectivity index (χ0v) is 13.5. The van der Waals surface area contributed by atoms with Gasteiger partial charge < -0.3 is 14.4 Å². The molecule has 2 heterocycles. The van der Waals surface area contributed by atoms with Crippen molar-refractivity contribution in [1.82, 2.24) is 4.90 Å². The van der Waals surface area contributed by atoms with Crippen molar-refractivity contribution in [2.75, 3.05) is 13.1 Å². The van der Waals surface area contributed by atoms with Crippen molar-refractivity contribution in [2.45, 2.75) is 56.8 Å². The van der Waals surface area contributed by atoms with Gasteiger partial charge >= 0.3 is 6.09 Å². The first-order valence-corrected chi connectivity index (χ1v) is 8.13. The first-order chi connectivity index (χ1) is 10.4. The van der Waals surface area contributed by atoms with Crippen LogP contribution < -0.4 is 0 Å². The molecule has 0 N–H and O–H groups in total. The Morgan fingerprint density at radius 1 is 1.27 bits per heavy atom. The summed E-state index contributed by atoms with van der Waals surface area (Å²) < 4.78 is 11.4. The number of benzene rings is 1. The molecule has 2 aliphatic heterocycles. The SMILES string of the molecule is CC(C)(C)OC(=O)N1CCC2(CC1)c1ccccc1[C@@H]1O[C@@H]12. The third-order valence-electron chi connectivity index (χ3n) is 5.15. The van der Waals surface area contributed by atoms with Crippen LogP contribution in [0, 0.1) is 0 Å². The minimum Gasteiger partial charge on any atom is -0.444 e. The second-order valence-corrected chi connectivity index (χ2v) is 7.69. The maximum absolute atomic E-state index is 12.2. The van der Waals surface area contributed by atoms with E-state index in [1.165, 1.54) is 11.1 Å². The van der Waals surface area contributed by atoms with Gasteiger partial charge in [0.1, 0.15) is 11.7 Å². The topological polar surface area (TPSA) is 42.1 Å². The molecular weight excluding hydrogens is 278 g/mol. The molecule has 0 radical (unpaired) electrons. The highest BCUT2D eigenvalue weighted by Crippen LogP contribution is 2.62. The minimum atomic E-state index is -0.434. The Morgan fingerprint density at radius 3 is 2.64 bits per heavy atom. The molecule has 1 aliphatic carbocycles. The van der Waals surface area contributed by atoms with Gasteiger partial charge in [0, 0.05) is 18.5 Å². The summed E-state index contributed by atoms with van der Waals surface area (Å²) in [5.74, 6) is 0. The van der Waals surface area contributed by atoms with E-state index in [1.54, 1.807) is 0 Å². The van der Waals surface area contributed by atoms with Gasteiger partial charge in [-0.2, -0.15) is 0 Å². The fraction of sp³-hybridized carbons (Fsp3) is 0.611. The third-order valence-corrected chi connectivity index (χ3v) is 5.15. The number of carbonyl (C=O) groups excluding carboxylic acids is 1. The van der Waals surface area contributed by atoms with Gasteiger partial charge in [-0.3, -0.25) is 0 Å². The second kappa shape index (κ2) is 4.48. The summed E-state index contributed by atoms with van der Waals surface area (Å²) >= 11 is 0. The lowest BCUT2D eigenvalue weighted by molar-refractivity contribution is 0.0146. The predicted octanol–water partition coefficient (Wildman–Crippen LogP) is 3.41. The monoisotopic (exact) mass is 301 g/mol. The Labute approximate surface area is 131 Å². The van der Waals surface area contributed by atoms with Crippen molar-refractivity contribution in [3.05, 3.63) is 35.4 Å². The van der Waals surface area contributed by atoms with E-state index in [2.05, 4.69) is 24.3 Å². The van der Waals surface area contributed by atoms with E-state index in [0.29, 0.717) is 12.2 Å². The van der Waals surface area contributed by atoms with Gasteiger partial charge in [0.05, 0.1) is 6.10 Å². The van der Waals surface area contributed by atoms with Crippen LogP contribution in [0.1, 0.15) is 50.8 Å². The third kappa shape index (κ3) is 2.04. The summed E-state index contributed by atoms with van der Waals surface area (Å²) in [6.45, 7) is 7.22. The molecule has 0 bridgehead atoms. The Kier molecular flexibility index (Phi) is 2.86. The van der Waals surface area contributed by atoms with Crippen LogP contribution in [0.3, 0.4) is 0 Å². The number of ether oxygens (including phenoxy) is 2. The van der Waals surface area contributed by atoms with Gasteiger partial charge in [-0.1, -0.05) is 24.3 Å². The van der Waals surface area contributed by atoms with Crippen LogP contribution >= 0.6 is 0 Å². The van der Waals surface area contributed by atoms with E-state index in [0.717, 1.165) is 25.9 Å². The van der Waals surface area contributed by atoms with Crippen LogP contribution in [0.5, 0.6) is 0 Å². The largest absolute Gasteiger partial charge is 0.444 e. The molecule has 1 spiro atoms. The van der Waals surface area contributed by atoms with Crippen LogP contribution in [0.2, 0.25) is 0 Å². The first-order valence-electron chi connectivity index (χ1n) is 8.13. The number of rotatable bonds is 0. The lowest BCUT2D eigenvalue weighted by atomic mass is 9.73. The molecule has 0 saturated carbocycles. The quantitative estimate of drug-likeness (QED) is 0.690. The number of hydrogen-bond acceptors (Lipinski definition) is 3. The molecule has 2 fully saturated rings. The van der Waals surface area contributed by atoms with Gasteiger partial charge in [0.25, 0.3) is 0 Å². The van der Waals surface area contributed by atoms with Crippen LogP contribution in [0.25, 0.3) is 0 Å². The number of hydrogen-bond donors (Lipinski definition) is 0. The van der Waals surface area contributed by atoms with Gasteiger partial charge in [0.15, 0.2) is 0 Å². The van der Waals surface area contributed by atoms with Crippen molar-refractivity contribution >= 4 is 6.09 Å². The molecule has 2 atom stereocenters. The van der Waals surface area contributed by atoms with Gasteiger partial charge in [-0.15, -0.1) is 0 Å². The highest BCUT2D eigenvalue weighted by atomic mass is 16.6. The van der Waals surface area contributed by atoms with Crippen molar-refractivity contribution in [3.8, 4) is 0 Å². The number of piperidine rings is 1. The number of fused-ring (bicyclic) bond motifs is 5. The molecule has 4 nitrogen and oxygen atoms in total. The van der Waals surface area contributed by atoms with Gasteiger partial charge in [-0.25, -0.2) is 4.79 Å².